The first-order valence-electron chi connectivity index (χ1n) is 9.60. The van der Waals surface area contributed by atoms with Crippen molar-refractivity contribution in [3.63, 3.8) is 0 Å². The van der Waals surface area contributed by atoms with Crippen LogP contribution >= 0.6 is 0 Å². The van der Waals surface area contributed by atoms with E-state index in [2.05, 4.69) is 10.4 Å². The molecule has 158 valence electrons. The number of methoxy groups -OCH3 is 3. The number of benzene rings is 2. The lowest BCUT2D eigenvalue weighted by Crippen LogP contribution is -2.15. The molecule has 0 atom stereocenters. The van der Waals surface area contributed by atoms with Gasteiger partial charge >= 0.3 is 0 Å². The SMILES string of the molecule is COc1cc(CC(=O)Nc2c(C)nn(-c3ccc(C)cc3)c2C)cc(OC)c1OC. The lowest BCUT2D eigenvalue weighted by molar-refractivity contribution is -0.115. The van der Waals surface area contributed by atoms with Crippen molar-refractivity contribution in [3.8, 4) is 22.9 Å². The highest BCUT2D eigenvalue weighted by atomic mass is 16.5. The number of nitrogens with zero attached hydrogens (tertiary/aromatic N) is 2. The van der Waals surface area contributed by atoms with E-state index in [0.29, 0.717) is 22.9 Å². The van der Waals surface area contributed by atoms with Gasteiger partial charge in [-0.15, -0.1) is 0 Å². The summed E-state index contributed by atoms with van der Waals surface area (Å²) in [4.78, 5) is 12.8. The molecule has 2 aromatic carbocycles. The third-order valence-electron chi connectivity index (χ3n) is 4.92. The van der Waals surface area contributed by atoms with E-state index in [1.807, 2.05) is 49.7 Å². The van der Waals surface area contributed by atoms with E-state index in [1.54, 1.807) is 33.5 Å². The summed E-state index contributed by atoms with van der Waals surface area (Å²) in [5, 5.41) is 7.59. The van der Waals surface area contributed by atoms with Gasteiger partial charge in [-0.25, -0.2) is 4.68 Å². The van der Waals surface area contributed by atoms with Crippen molar-refractivity contribution >= 4 is 11.6 Å². The summed E-state index contributed by atoms with van der Waals surface area (Å²) in [7, 11) is 4.64. The van der Waals surface area contributed by atoms with Gasteiger partial charge < -0.3 is 19.5 Å². The lowest BCUT2D eigenvalue weighted by atomic mass is 10.1. The molecule has 0 aliphatic carbocycles. The molecule has 1 heterocycles. The van der Waals surface area contributed by atoms with Crippen LogP contribution in [0.15, 0.2) is 36.4 Å². The topological polar surface area (TPSA) is 74.6 Å². The number of ether oxygens (including phenoxy) is 3. The molecule has 1 aromatic heterocycles. The Labute approximate surface area is 176 Å². The zero-order valence-electron chi connectivity index (χ0n) is 18.2. The number of carbonyl (C=O) groups is 1. The molecule has 0 saturated carbocycles. The molecule has 0 fully saturated rings. The Morgan fingerprint density at radius 1 is 0.967 bits per heavy atom. The number of aryl methyl sites for hydroxylation is 2. The van der Waals surface area contributed by atoms with Crippen LogP contribution in [0.2, 0.25) is 0 Å². The molecule has 0 aliphatic heterocycles. The Morgan fingerprint density at radius 3 is 2.10 bits per heavy atom. The summed E-state index contributed by atoms with van der Waals surface area (Å²) in [5.41, 5.74) is 5.22. The fourth-order valence-corrected chi connectivity index (χ4v) is 3.37. The summed E-state index contributed by atoms with van der Waals surface area (Å²) in [6.07, 6.45) is 0.158. The highest BCUT2D eigenvalue weighted by Crippen LogP contribution is 2.38. The van der Waals surface area contributed by atoms with Crippen LogP contribution in [0.25, 0.3) is 5.69 Å². The van der Waals surface area contributed by atoms with Crippen LogP contribution in [0.3, 0.4) is 0 Å². The van der Waals surface area contributed by atoms with Crippen molar-refractivity contribution in [2.24, 2.45) is 0 Å². The van der Waals surface area contributed by atoms with E-state index >= 15 is 0 Å². The maximum atomic E-state index is 12.8. The molecule has 0 aliphatic rings. The predicted molar refractivity (Wildman–Crippen MR) is 116 cm³/mol. The Hall–Kier alpha value is -3.48. The van der Waals surface area contributed by atoms with E-state index in [4.69, 9.17) is 14.2 Å². The normalized spacial score (nSPS) is 10.6. The number of rotatable bonds is 7. The molecule has 0 radical (unpaired) electrons. The van der Waals surface area contributed by atoms with Crippen LogP contribution in [0, 0.1) is 20.8 Å². The summed E-state index contributed by atoms with van der Waals surface area (Å²) in [6, 6.07) is 11.6. The van der Waals surface area contributed by atoms with E-state index in [1.165, 1.54) is 5.56 Å². The molecule has 3 aromatic rings. The standard InChI is InChI=1S/C23H27N3O4/c1-14-7-9-18(10-8-14)26-16(3)22(15(2)25-26)24-21(27)13-17-11-19(28-4)23(30-6)20(12-17)29-5/h7-12H,13H2,1-6H3,(H,24,27). The maximum absolute atomic E-state index is 12.8. The highest BCUT2D eigenvalue weighted by molar-refractivity contribution is 5.93. The predicted octanol–water partition coefficient (Wildman–Crippen LogP) is 4.00. The molecule has 7 nitrogen and oxygen atoms in total. The molecule has 0 bridgehead atoms. The molecular weight excluding hydrogens is 382 g/mol. The molecule has 0 unspecified atom stereocenters. The van der Waals surface area contributed by atoms with Crippen molar-refractivity contribution in [1.29, 1.82) is 0 Å². The van der Waals surface area contributed by atoms with Gasteiger partial charge in [-0.2, -0.15) is 5.10 Å². The van der Waals surface area contributed by atoms with E-state index in [-0.39, 0.29) is 12.3 Å². The summed E-state index contributed by atoms with van der Waals surface area (Å²) >= 11 is 0. The van der Waals surface area contributed by atoms with Gasteiger partial charge in [0.25, 0.3) is 0 Å². The number of aromatic nitrogens is 2. The number of amides is 1. The average Bonchev–Trinajstić information content (AvgIpc) is 3.01. The van der Waals surface area contributed by atoms with Gasteiger partial charge in [0.2, 0.25) is 11.7 Å². The first kappa shape index (κ1) is 21.2. The molecule has 0 saturated heterocycles. The molecule has 7 heteroatoms. The summed E-state index contributed by atoms with van der Waals surface area (Å²) < 4.78 is 17.9. The highest BCUT2D eigenvalue weighted by Gasteiger charge is 2.18. The van der Waals surface area contributed by atoms with Crippen molar-refractivity contribution < 1.29 is 19.0 Å². The van der Waals surface area contributed by atoms with E-state index in [9.17, 15) is 4.79 Å². The third-order valence-corrected chi connectivity index (χ3v) is 4.92. The third kappa shape index (κ3) is 4.25. The minimum atomic E-state index is -0.154. The van der Waals surface area contributed by atoms with Gasteiger partial charge in [-0.05, 0) is 50.6 Å². The zero-order chi connectivity index (χ0) is 21.8. The maximum Gasteiger partial charge on any atom is 0.228 e. The molecule has 3 rings (SSSR count). The van der Waals surface area contributed by atoms with Crippen molar-refractivity contribution in [3.05, 3.63) is 58.9 Å². The molecular formula is C23H27N3O4. The van der Waals surface area contributed by atoms with Crippen LogP contribution in [0.4, 0.5) is 5.69 Å². The van der Waals surface area contributed by atoms with Gasteiger partial charge in [0.05, 0.1) is 50.5 Å². The van der Waals surface area contributed by atoms with Gasteiger partial charge in [-0.3, -0.25) is 4.79 Å². The second kappa shape index (κ2) is 8.90. The fraction of sp³-hybridized carbons (Fsp3) is 0.304. The number of anilines is 1. The number of carbonyl (C=O) groups excluding carboxylic acids is 1. The number of hydrogen-bond donors (Lipinski definition) is 1. The number of hydrogen-bond acceptors (Lipinski definition) is 5. The molecule has 30 heavy (non-hydrogen) atoms. The van der Waals surface area contributed by atoms with Crippen LogP contribution in [-0.2, 0) is 11.2 Å². The Bertz CT molecular complexity index is 1030. The summed E-state index contributed by atoms with van der Waals surface area (Å²) in [5.74, 6) is 1.37. The monoisotopic (exact) mass is 409 g/mol. The molecule has 1 amide bonds. The smallest absolute Gasteiger partial charge is 0.228 e. The summed E-state index contributed by atoms with van der Waals surface area (Å²) in [6.45, 7) is 5.86. The number of nitrogens with one attached hydrogen (secondary N) is 1. The van der Waals surface area contributed by atoms with Crippen molar-refractivity contribution in [2.75, 3.05) is 26.6 Å². The Balaban J connectivity index is 1.83. The molecule has 1 N–H and O–H groups in total. The van der Waals surface area contributed by atoms with Crippen LogP contribution in [-0.4, -0.2) is 37.0 Å². The van der Waals surface area contributed by atoms with Crippen LogP contribution < -0.4 is 19.5 Å². The van der Waals surface area contributed by atoms with Crippen LogP contribution in [0.1, 0.15) is 22.5 Å². The van der Waals surface area contributed by atoms with Gasteiger partial charge in [0.15, 0.2) is 11.5 Å². The van der Waals surface area contributed by atoms with Gasteiger partial charge in [0, 0.05) is 0 Å². The average molecular weight is 409 g/mol. The lowest BCUT2D eigenvalue weighted by Gasteiger charge is -2.14. The minimum Gasteiger partial charge on any atom is -0.493 e. The quantitative estimate of drug-likeness (QED) is 0.638. The van der Waals surface area contributed by atoms with Crippen LogP contribution in [0.5, 0.6) is 17.2 Å². The van der Waals surface area contributed by atoms with Gasteiger partial charge in [0.1, 0.15) is 0 Å². The Morgan fingerprint density at radius 2 is 1.57 bits per heavy atom. The first-order chi connectivity index (χ1) is 14.4. The van der Waals surface area contributed by atoms with E-state index in [0.717, 1.165) is 22.6 Å². The fourth-order valence-electron chi connectivity index (χ4n) is 3.37. The second-order valence-corrected chi connectivity index (χ2v) is 7.05. The Kier molecular flexibility index (Phi) is 6.30. The van der Waals surface area contributed by atoms with Crippen molar-refractivity contribution in [1.82, 2.24) is 9.78 Å². The van der Waals surface area contributed by atoms with Crippen molar-refractivity contribution in [2.45, 2.75) is 27.2 Å². The molecule has 0 spiro atoms. The first-order valence-corrected chi connectivity index (χ1v) is 9.60. The second-order valence-electron chi connectivity index (χ2n) is 7.05. The zero-order valence-corrected chi connectivity index (χ0v) is 18.2. The van der Waals surface area contributed by atoms with Gasteiger partial charge in [-0.1, -0.05) is 17.7 Å². The largest absolute Gasteiger partial charge is 0.493 e. The minimum absolute atomic E-state index is 0.154. The van der Waals surface area contributed by atoms with E-state index < -0.39 is 0 Å².